The first-order valence-corrected chi connectivity index (χ1v) is 11.6. The van der Waals surface area contributed by atoms with Gasteiger partial charge in [0.05, 0.1) is 30.4 Å². The lowest BCUT2D eigenvalue weighted by molar-refractivity contribution is -0.163. The smallest absolute Gasteiger partial charge is 0.353 e. The average molecular weight is 452 g/mol. The Labute approximate surface area is 182 Å². The van der Waals surface area contributed by atoms with Crippen LogP contribution in [0.25, 0.3) is 5.57 Å². The molecule has 4 rings (SSSR count). The Kier molecular flexibility index (Phi) is 5.80. The third-order valence-corrected chi connectivity index (χ3v) is 8.46. The van der Waals surface area contributed by atoms with Crippen molar-refractivity contribution >= 4 is 40.5 Å². The summed E-state index contributed by atoms with van der Waals surface area (Å²) in [5.41, 5.74) is 1.93. The molecular weight excluding hydrogens is 426 g/mol. The van der Waals surface area contributed by atoms with Gasteiger partial charge in [-0.05, 0) is 26.0 Å². The monoisotopic (exact) mass is 451 g/mol. The van der Waals surface area contributed by atoms with Crippen molar-refractivity contribution in [1.29, 1.82) is 0 Å². The fraction of sp³-hybridized carbons (Fsp3) is 0.550. The lowest BCUT2D eigenvalue weighted by Gasteiger charge is -2.46. The summed E-state index contributed by atoms with van der Waals surface area (Å²) >= 11 is 2.74. The Balaban J connectivity index is 1.58. The number of thioether (sulfide) groups is 1. The molecule has 0 radical (unpaired) electrons. The maximum Gasteiger partial charge on any atom is 0.353 e. The normalized spacial score (nSPS) is 30.2. The van der Waals surface area contributed by atoms with Crippen LogP contribution in [0.5, 0.6) is 0 Å². The van der Waals surface area contributed by atoms with Crippen molar-refractivity contribution in [2.45, 2.75) is 42.8 Å². The van der Waals surface area contributed by atoms with E-state index in [-0.39, 0.29) is 36.2 Å². The van der Waals surface area contributed by atoms with Gasteiger partial charge in [-0.3, -0.25) is 9.69 Å². The Hall–Kier alpha value is -1.72. The zero-order valence-corrected chi connectivity index (χ0v) is 18.6. The molecule has 1 aromatic heterocycles. The van der Waals surface area contributed by atoms with Gasteiger partial charge in [0.15, 0.2) is 4.34 Å². The Morgan fingerprint density at radius 1 is 1.47 bits per heavy atom. The minimum Gasteiger partial charge on any atom is -0.477 e. The molecule has 4 heterocycles. The van der Waals surface area contributed by atoms with Crippen molar-refractivity contribution in [1.82, 2.24) is 14.8 Å². The number of hydrogen-bond donors (Lipinski definition) is 3. The number of carbonyl (C=O) groups is 2. The van der Waals surface area contributed by atoms with E-state index in [4.69, 9.17) is 4.98 Å². The van der Waals surface area contributed by atoms with Gasteiger partial charge in [-0.15, -0.1) is 11.3 Å². The van der Waals surface area contributed by atoms with Crippen LogP contribution in [-0.4, -0.2) is 80.4 Å². The number of rotatable bonds is 6. The first kappa shape index (κ1) is 21.5. The number of thiazole rings is 1. The number of carboxylic acids is 1. The molecule has 1 aromatic rings. The fourth-order valence-corrected chi connectivity index (χ4v) is 6.63. The second-order valence-corrected chi connectivity index (χ2v) is 10.2. The summed E-state index contributed by atoms with van der Waals surface area (Å²) in [6.07, 6.45) is 2.00. The topological polar surface area (TPSA) is 114 Å². The van der Waals surface area contributed by atoms with Gasteiger partial charge in [0.2, 0.25) is 5.91 Å². The number of nitrogens with zero attached hydrogens (tertiary/aromatic N) is 3. The van der Waals surface area contributed by atoms with Gasteiger partial charge in [0, 0.05) is 28.8 Å². The van der Waals surface area contributed by atoms with Crippen LogP contribution in [0.4, 0.5) is 0 Å². The number of aliphatic hydroxyl groups is 2. The summed E-state index contributed by atoms with van der Waals surface area (Å²) in [6, 6.07) is -0.266. The maximum absolute atomic E-state index is 12.5. The third kappa shape index (κ3) is 3.40. The van der Waals surface area contributed by atoms with Crippen LogP contribution in [0, 0.1) is 11.8 Å². The van der Waals surface area contributed by atoms with E-state index in [1.54, 1.807) is 6.92 Å². The number of amides is 1. The lowest BCUT2D eigenvalue weighted by Crippen LogP contribution is -2.63. The van der Waals surface area contributed by atoms with E-state index in [0.29, 0.717) is 11.3 Å². The molecule has 162 valence electrons. The molecule has 10 heteroatoms. The Bertz CT molecular complexity index is 941. The first-order chi connectivity index (χ1) is 14.2. The average Bonchev–Trinajstić information content (AvgIpc) is 3.24. The van der Waals surface area contributed by atoms with Crippen LogP contribution in [0.1, 0.15) is 26.0 Å². The molecule has 5 atom stereocenters. The van der Waals surface area contributed by atoms with Crippen molar-refractivity contribution < 1.29 is 24.9 Å². The molecule has 3 aliphatic rings. The van der Waals surface area contributed by atoms with E-state index >= 15 is 0 Å². The van der Waals surface area contributed by atoms with Crippen molar-refractivity contribution in [3.8, 4) is 0 Å². The Morgan fingerprint density at radius 2 is 2.20 bits per heavy atom. The van der Waals surface area contributed by atoms with Gasteiger partial charge in [0.1, 0.15) is 5.70 Å². The van der Waals surface area contributed by atoms with Gasteiger partial charge in [-0.1, -0.05) is 24.8 Å². The summed E-state index contributed by atoms with van der Waals surface area (Å²) in [4.78, 5) is 33.1. The van der Waals surface area contributed by atoms with E-state index < -0.39 is 18.0 Å². The van der Waals surface area contributed by atoms with E-state index in [9.17, 15) is 24.9 Å². The zero-order valence-electron chi connectivity index (χ0n) is 17.0. The van der Waals surface area contributed by atoms with E-state index in [2.05, 4.69) is 11.0 Å². The Morgan fingerprint density at radius 3 is 2.83 bits per heavy atom. The van der Waals surface area contributed by atoms with Crippen LogP contribution in [0.2, 0.25) is 0 Å². The number of fused-ring (bicyclic) bond motifs is 1. The quantitative estimate of drug-likeness (QED) is 0.557. The number of β-lactam (4-membered cyclic amide) rings is 1. The molecule has 1 amide bonds. The molecule has 1 unspecified atom stereocenters. The number of aliphatic hydroxyl groups excluding tert-OH is 2. The molecule has 1 saturated heterocycles. The number of carboxylic acid groups (broad SMARTS) is 1. The summed E-state index contributed by atoms with van der Waals surface area (Å²) < 4.78 is 0.717. The van der Waals surface area contributed by atoms with E-state index in [0.717, 1.165) is 22.2 Å². The van der Waals surface area contributed by atoms with Gasteiger partial charge >= 0.3 is 5.97 Å². The van der Waals surface area contributed by atoms with Crippen LogP contribution in [0.3, 0.4) is 0 Å². The maximum atomic E-state index is 12.5. The number of aliphatic carboxylic acids is 1. The minimum atomic E-state index is -1.13. The predicted octanol–water partition coefficient (Wildman–Crippen LogP) is 1.47. The van der Waals surface area contributed by atoms with Crippen molar-refractivity contribution in [3.05, 3.63) is 27.8 Å². The van der Waals surface area contributed by atoms with Crippen molar-refractivity contribution in [2.24, 2.45) is 11.8 Å². The SMILES string of the molecule is CC(O)[C@H]1C(=O)N2C(C(=O)O)=C(Sc3nc(C4=CCN(C)[C@H](CO)C4)cs3)[C@H](C)[C@H]12. The highest BCUT2D eigenvalue weighted by Crippen LogP contribution is 2.52. The first-order valence-electron chi connectivity index (χ1n) is 9.87. The largest absolute Gasteiger partial charge is 0.477 e. The minimum absolute atomic E-state index is 0.00926. The molecule has 0 aromatic carbocycles. The van der Waals surface area contributed by atoms with Crippen LogP contribution in [0.15, 0.2) is 26.4 Å². The molecule has 8 nitrogen and oxygen atoms in total. The van der Waals surface area contributed by atoms with E-state index in [1.165, 1.54) is 28.0 Å². The third-order valence-electron chi connectivity index (χ3n) is 6.24. The van der Waals surface area contributed by atoms with Gasteiger partial charge < -0.3 is 20.2 Å². The summed E-state index contributed by atoms with van der Waals surface area (Å²) in [6.45, 7) is 4.30. The molecule has 30 heavy (non-hydrogen) atoms. The molecule has 0 aliphatic carbocycles. The number of carbonyl (C=O) groups excluding carboxylic acids is 1. The van der Waals surface area contributed by atoms with Gasteiger partial charge in [-0.2, -0.15) is 0 Å². The number of aromatic nitrogens is 1. The highest BCUT2D eigenvalue weighted by Gasteiger charge is 2.60. The standard InChI is InChI=1S/C20H25N3O5S2/c1-9-15-14(10(2)25)18(26)23(15)16(19(27)28)17(9)30-20-21-13(8-29-20)11-4-5-22(3)12(6-11)7-24/h4,8-10,12,14-15,24-25H,5-7H2,1-3H3,(H,27,28)/t9-,10?,12+,14-,15-/m1/s1. The van der Waals surface area contributed by atoms with E-state index in [1.807, 2.05) is 19.4 Å². The lowest BCUT2D eigenvalue weighted by atomic mass is 9.79. The predicted molar refractivity (Wildman–Crippen MR) is 114 cm³/mol. The zero-order chi connectivity index (χ0) is 21.7. The highest BCUT2D eigenvalue weighted by molar-refractivity contribution is 8.04. The second-order valence-electron chi connectivity index (χ2n) is 8.08. The molecule has 1 fully saturated rings. The molecular formula is C20H25N3O5S2. The molecule has 0 spiro atoms. The molecule has 0 saturated carbocycles. The van der Waals surface area contributed by atoms with Crippen LogP contribution < -0.4 is 0 Å². The summed E-state index contributed by atoms with van der Waals surface area (Å²) in [5, 5.41) is 31.2. The summed E-state index contributed by atoms with van der Waals surface area (Å²) in [7, 11) is 1.98. The molecule has 3 aliphatic heterocycles. The number of likely N-dealkylation sites (N-methyl/N-ethyl adjacent to an activating group) is 1. The van der Waals surface area contributed by atoms with Crippen LogP contribution in [-0.2, 0) is 9.59 Å². The number of hydrogen-bond acceptors (Lipinski definition) is 8. The second kappa shape index (κ2) is 8.08. The highest BCUT2D eigenvalue weighted by atomic mass is 32.2. The fourth-order valence-electron chi connectivity index (χ4n) is 4.51. The van der Waals surface area contributed by atoms with Crippen molar-refractivity contribution in [3.63, 3.8) is 0 Å². The van der Waals surface area contributed by atoms with Crippen LogP contribution >= 0.6 is 23.1 Å². The summed E-state index contributed by atoms with van der Waals surface area (Å²) in [5.74, 6) is -2.22. The van der Waals surface area contributed by atoms with Crippen molar-refractivity contribution in [2.75, 3.05) is 20.2 Å². The van der Waals surface area contributed by atoms with Gasteiger partial charge in [0.25, 0.3) is 0 Å². The van der Waals surface area contributed by atoms with Gasteiger partial charge in [-0.25, -0.2) is 9.78 Å². The molecule has 0 bridgehead atoms. The molecule has 3 N–H and O–H groups in total.